The first kappa shape index (κ1) is 24.3. The molecule has 4 rings (SSSR count). The molecule has 0 saturated carbocycles. The molecule has 0 bridgehead atoms. The molecule has 2 saturated heterocycles. The molecule has 34 heavy (non-hydrogen) atoms. The number of anilines is 1. The van der Waals surface area contributed by atoms with Gasteiger partial charge in [0.2, 0.25) is 11.8 Å². The lowest BCUT2D eigenvalue weighted by Gasteiger charge is -2.23. The van der Waals surface area contributed by atoms with Crippen molar-refractivity contribution in [2.45, 2.75) is 52.0 Å². The molecule has 5 nitrogen and oxygen atoms in total. The number of likely N-dealkylation sites (N-methyl/N-ethyl adjacent to an activating group) is 1. The van der Waals surface area contributed by atoms with E-state index in [1.807, 2.05) is 27.0 Å². The Balaban J connectivity index is 1.42. The summed E-state index contributed by atoms with van der Waals surface area (Å²) in [7, 11) is 1.83. The first-order valence-electron chi connectivity index (χ1n) is 12.0. The smallest absolute Gasteiger partial charge is 0.227 e. The molecule has 0 aliphatic carbocycles. The summed E-state index contributed by atoms with van der Waals surface area (Å²) in [6.45, 7) is 7.91. The van der Waals surface area contributed by atoms with Gasteiger partial charge in [-0.2, -0.15) is 0 Å². The van der Waals surface area contributed by atoms with Gasteiger partial charge in [0.1, 0.15) is 11.6 Å². The second kappa shape index (κ2) is 9.82. The number of halogens is 2. The third-order valence-electron chi connectivity index (χ3n) is 7.49. The zero-order chi connectivity index (χ0) is 24.6. The minimum Gasteiger partial charge on any atom is -0.344 e. The van der Waals surface area contributed by atoms with Crippen molar-refractivity contribution in [2.24, 2.45) is 5.92 Å². The highest BCUT2D eigenvalue weighted by molar-refractivity contribution is 5.92. The Bertz CT molecular complexity index is 1100. The van der Waals surface area contributed by atoms with Gasteiger partial charge in [-0.05, 0) is 85.7 Å². The van der Waals surface area contributed by atoms with Gasteiger partial charge in [-0.15, -0.1) is 0 Å². The highest BCUT2D eigenvalue weighted by Gasteiger charge is 2.36. The fourth-order valence-electron chi connectivity index (χ4n) is 5.15. The zero-order valence-electron chi connectivity index (χ0n) is 20.3. The fourth-order valence-corrected chi connectivity index (χ4v) is 5.15. The number of amides is 2. The van der Waals surface area contributed by atoms with Crippen LogP contribution in [0.1, 0.15) is 47.9 Å². The number of hydrogen-bond donors (Lipinski definition) is 1. The van der Waals surface area contributed by atoms with Crippen molar-refractivity contribution in [1.82, 2.24) is 9.80 Å². The Kier molecular flexibility index (Phi) is 7.03. The molecule has 0 spiro atoms. The van der Waals surface area contributed by atoms with E-state index in [-0.39, 0.29) is 36.0 Å². The van der Waals surface area contributed by atoms with Crippen LogP contribution in [0.3, 0.4) is 0 Å². The monoisotopic (exact) mass is 469 g/mol. The van der Waals surface area contributed by atoms with Crippen molar-refractivity contribution < 1.29 is 18.4 Å². The Labute approximate surface area is 200 Å². The van der Waals surface area contributed by atoms with Gasteiger partial charge in [0, 0.05) is 44.2 Å². The van der Waals surface area contributed by atoms with Gasteiger partial charge in [-0.3, -0.25) is 14.5 Å². The Morgan fingerprint density at radius 3 is 2.65 bits per heavy atom. The number of carbonyl (C=O) groups excluding carboxylic acids is 2. The van der Waals surface area contributed by atoms with E-state index in [0.717, 1.165) is 42.7 Å². The predicted molar refractivity (Wildman–Crippen MR) is 129 cm³/mol. The van der Waals surface area contributed by atoms with Crippen LogP contribution >= 0.6 is 0 Å². The van der Waals surface area contributed by atoms with Crippen LogP contribution in [0.4, 0.5) is 14.5 Å². The van der Waals surface area contributed by atoms with E-state index in [2.05, 4.69) is 10.2 Å². The molecule has 2 aliphatic rings. The van der Waals surface area contributed by atoms with E-state index in [0.29, 0.717) is 17.7 Å². The zero-order valence-corrected chi connectivity index (χ0v) is 20.3. The van der Waals surface area contributed by atoms with Crippen molar-refractivity contribution in [3.63, 3.8) is 0 Å². The molecule has 3 unspecified atom stereocenters. The van der Waals surface area contributed by atoms with Gasteiger partial charge < -0.3 is 10.2 Å². The van der Waals surface area contributed by atoms with Crippen molar-refractivity contribution in [2.75, 3.05) is 32.0 Å². The second-order valence-electron chi connectivity index (χ2n) is 9.95. The van der Waals surface area contributed by atoms with Crippen LogP contribution in [0.2, 0.25) is 0 Å². The van der Waals surface area contributed by atoms with Gasteiger partial charge in [0.15, 0.2) is 0 Å². The number of likely N-dealkylation sites (tertiary alicyclic amines) is 2. The number of rotatable bonds is 6. The summed E-state index contributed by atoms with van der Waals surface area (Å²) in [5, 5.41) is 2.83. The van der Waals surface area contributed by atoms with Crippen LogP contribution in [-0.2, 0) is 16.0 Å². The fraction of sp³-hybridized carbons (Fsp3) is 0.481. The predicted octanol–water partition coefficient (Wildman–Crippen LogP) is 4.42. The Morgan fingerprint density at radius 1 is 1.18 bits per heavy atom. The van der Waals surface area contributed by atoms with E-state index in [1.165, 1.54) is 18.2 Å². The molecule has 2 aliphatic heterocycles. The van der Waals surface area contributed by atoms with Crippen LogP contribution in [-0.4, -0.2) is 54.3 Å². The molecule has 2 heterocycles. The van der Waals surface area contributed by atoms with Crippen molar-refractivity contribution in [1.29, 1.82) is 0 Å². The molecule has 2 aromatic carbocycles. The van der Waals surface area contributed by atoms with Crippen molar-refractivity contribution in [3.8, 4) is 0 Å². The first-order valence-corrected chi connectivity index (χ1v) is 12.0. The van der Waals surface area contributed by atoms with Crippen LogP contribution < -0.4 is 5.32 Å². The number of carbonyl (C=O) groups is 2. The molecular formula is C27H33F2N3O2. The van der Waals surface area contributed by atoms with E-state index in [9.17, 15) is 18.4 Å². The highest BCUT2D eigenvalue weighted by Crippen LogP contribution is 2.32. The van der Waals surface area contributed by atoms with Crippen LogP contribution in [0.15, 0.2) is 30.3 Å². The van der Waals surface area contributed by atoms with Crippen LogP contribution in [0.25, 0.3) is 0 Å². The highest BCUT2D eigenvalue weighted by atomic mass is 19.1. The molecule has 2 fully saturated rings. The van der Waals surface area contributed by atoms with E-state index < -0.39 is 11.7 Å². The van der Waals surface area contributed by atoms with Gasteiger partial charge >= 0.3 is 0 Å². The lowest BCUT2D eigenvalue weighted by Crippen LogP contribution is -2.35. The summed E-state index contributed by atoms with van der Waals surface area (Å²) in [5.41, 5.74) is 3.66. The third-order valence-corrected chi connectivity index (χ3v) is 7.49. The molecule has 7 heteroatoms. The molecule has 2 amide bonds. The maximum Gasteiger partial charge on any atom is 0.227 e. The van der Waals surface area contributed by atoms with E-state index in [4.69, 9.17) is 0 Å². The third kappa shape index (κ3) is 5.14. The number of nitrogens with zero attached hydrogens (tertiary/aromatic N) is 2. The average molecular weight is 470 g/mol. The SMILES string of the molecule is Cc1ccc(F)c(CC(C)C(=O)Nc2cc(F)cc(C3CCN(C4CC(=O)N(C)C4)C3)c2)c1C. The Morgan fingerprint density at radius 2 is 1.94 bits per heavy atom. The summed E-state index contributed by atoms with van der Waals surface area (Å²) in [5.74, 6) is -1.13. The standard InChI is InChI=1S/C27H33F2N3O2/c1-16-5-6-25(29)24(18(16)3)9-17(2)27(34)30-22-11-20(10-21(28)12-22)19-7-8-32(14-19)23-13-26(33)31(4)15-23/h5-6,10-12,17,19,23H,7-9,13-15H2,1-4H3,(H,30,34). The largest absolute Gasteiger partial charge is 0.344 e. The number of nitrogens with one attached hydrogen (secondary N) is 1. The van der Waals surface area contributed by atoms with Gasteiger partial charge in [0.05, 0.1) is 0 Å². The molecule has 2 aromatic rings. The maximum absolute atomic E-state index is 14.5. The average Bonchev–Trinajstić information content (AvgIpc) is 3.40. The molecular weight excluding hydrogens is 436 g/mol. The van der Waals surface area contributed by atoms with Crippen LogP contribution in [0.5, 0.6) is 0 Å². The number of aryl methyl sites for hydroxylation is 1. The number of benzene rings is 2. The maximum atomic E-state index is 14.5. The van der Waals surface area contributed by atoms with Gasteiger partial charge in [-0.25, -0.2) is 8.78 Å². The summed E-state index contributed by atoms with van der Waals surface area (Å²) in [4.78, 5) is 28.8. The Hall–Kier alpha value is -2.80. The number of hydrogen-bond acceptors (Lipinski definition) is 3. The summed E-state index contributed by atoms with van der Waals surface area (Å²) >= 11 is 0. The normalized spacial score (nSPS) is 21.8. The molecule has 182 valence electrons. The quantitative estimate of drug-likeness (QED) is 0.682. The summed E-state index contributed by atoms with van der Waals surface area (Å²) in [6.07, 6.45) is 1.69. The first-order chi connectivity index (χ1) is 16.1. The second-order valence-corrected chi connectivity index (χ2v) is 9.95. The molecule has 1 N–H and O–H groups in total. The summed E-state index contributed by atoms with van der Waals surface area (Å²) < 4.78 is 28.8. The minimum atomic E-state index is -0.472. The van der Waals surface area contributed by atoms with Crippen molar-refractivity contribution in [3.05, 3.63) is 64.2 Å². The topological polar surface area (TPSA) is 52.7 Å². The minimum absolute atomic E-state index is 0.147. The molecule has 0 aromatic heterocycles. The lowest BCUT2D eigenvalue weighted by atomic mass is 9.93. The van der Waals surface area contributed by atoms with Gasteiger partial charge in [-0.1, -0.05) is 13.0 Å². The molecule has 0 radical (unpaired) electrons. The summed E-state index contributed by atoms with van der Waals surface area (Å²) in [6, 6.07) is 8.08. The lowest BCUT2D eigenvalue weighted by molar-refractivity contribution is -0.126. The van der Waals surface area contributed by atoms with Crippen LogP contribution in [0, 0.1) is 31.4 Å². The van der Waals surface area contributed by atoms with E-state index >= 15 is 0 Å². The van der Waals surface area contributed by atoms with E-state index in [1.54, 1.807) is 17.9 Å². The molecule has 3 atom stereocenters. The van der Waals surface area contributed by atoms with Gasteiger partial charge in [0.25, 0.3) is 0 Å². The van der Waals surface area contributed by atoms with Crippen molar-refractivity contribution >= 4 is 17.5 Å².